The molecule has 4 aromatic carbocycles. The molecule has 0 bridgehead atoms. The second-order valence-corrected chi connectivity index (χ2v) is 13.9. The molecule has 4 aromatic rings. The van der Waals surface area contributed by atoms with E-state index in [0.717, 1.165) is 22.3 Å². The number of esters is 4. The lowest BCUT2D eigenvalue weighted by atomic mass is 10.0. The number of nitrogens with one attached hydrogen (secondary N) is 2. The van der Waals surface area contributed by atoms with Crippen LogP contribution in [0.2, 0.25) is 0 Å². The van der Waals surface area contributed by atoms with Gasteiger partial charge in [0.2, 0.25) is 6.41 Å². The predicted molar refractivity (Wildman–Crippen MR) is 229 cm³/mol. The molecule has 61 heavy (non-hydrogen) atoms. The molecule has 0 aliphatic rings. The molecule has 0 fully saturated rings. The Morgan fingerprint density at radius 2 is 1.03 bits per heavy atom. The first kappa shape index (κ1) is 46.7. The van der Waals surface area contributed by atoms with E-state index in [0.29, 0.717) is 11.4 Å². The third-order valence-corrected chi connectivity index (χ3v) is 8.69. The maximum Gasteiger partial charge on any atom is 0.412 e. The van der Waals surface area contributed by atoms with Crippen molar-refractivity contribution in [3.8, 4) is 22.3 Å². The van der Waals surface area contributed by atoms with Gasteiger partial charge in [0.25, 0.3) is 0 Å². The number of carbonyl (C=O) groups excluding carboxylic acids is 5. The zero-order valence-electron chi connectivity index (χ0n) is 34.3. The second kappa shape index (κ2) is 23.5. The van der Waals surface area contributed by atoms with Crippen LogP contribution in [0.25, 0.3) is 22.3 Å². The van der Waals surface area contributed by atoms with Crippen molar-refractivity contribution in [3.05, 3.63) is 146 Å². The molecular weight excluding hydrogens is 785 g/mol. The summed E-state index contributed by atoms with van der Waals surface area (Å²) in [4.78, 5) is 63.5. The molecule has 4 unspecified atom stereocenters. The molecule has 3 N–H and O–H groups in total. The summed E-state index contributed by atoms with van der Waals surface area (Å²) in [5, 5.41) is 16.4. The van der Waals surface area contributed by atoms with Gasteiger partial charge in [-0.2, -0.15) is 0 Å². The van der Waals surface area contributed by atoms with Crippen LogP contribution in [-0.2, 0) is 47.6 Å². The molecule has 320 valence electrons. The highest BCUT2D eigenvalue weighted by Gasteiger charge is 2.26. The van der Waals surface area contributed by atoms with Gasteiger partial charge in [0.15, 0.2) is 6.10 Å². The lowest BCUT2D eigenvalue weighted by molar-refractivity contribution is -0.171. The van der Waals surface area contributed by atoms with Crippen molar-refractivity contribution < 1.29 is 57.5 Å². The van der Waals surface area contributed by atoms with Crippen LogP contribution in [0.15, 0.2) is 146 Å². The molecular formula is C47H50N2O12. The van der Waals surface area contributed by atoms with Crippen LogP contribution in [0.4, 0.5) is 16.2 Å². The van der Waals surface area contributed by atoms with E-state index in [4.69, 9.17) is 28.4 Å². The Balaban J connectivity index is 1.32. The van der Waals surface area contributed by atoms with Crippen LogP contribution in [0.5, 0.6) is 0 Å². The Morgan fingerprint density at radius 3 is 1.57 bits per heavy atom. The molecule has 0 radical (unpaired) electrons. The van der Waals surface area contributed by atoms with Gasteiger partial charge < -0.3 is 38.8 Å². The van der Waals surface area contributed by atoms with Crippen molar-refractivity contribution >= 4 is 41.3 Å². The zero-order chi connectivity index (χ0) is 44.3. The number of hydrogen-bond acceptors (Lipinski definition) is 13. The van der Waals surface area contributed by atoms with Crippen LogP contribution in [0.1, 0.15) is 27.2 Å². The van der Waals surface area contributed by atoms with E-state index in [-0.39, 0.29) is 23.1 Å². The molecule has 0 heterocycles. The van der Waals surface area contributed by atoms with Crippen molar-refractivity contribution in [1.82, 2.24) is 0 Å². The topological polar surface area (TPSA) is 185 Å². The van der Waals surface area contributed by atoms with Crippen molar-refractivity contribution in [2.24, 2.45) is 5.92 Å². The fourth-order valence-corrected chi connectivity index (χ4v) is 5.53. The molecule has 0 spiro atoms. The smallest absolute Gasteiger partial charge is 0.412 e. The number of rotatable bonds is 22. The molecule has 4 rings (SSSR count). The zero-order valence-corrected chi connectivity index (χ0v) is 34.3. The summed E-state index contributed by atoms with van der Waals surface area (Å²) in [6.07, 6.45) is -5.07. The van der Waals surface area contributed by atoms with Gasteiger partial charge in [-0.05, 0) is 43.5 Å². The molecule has 4 atom stereocenters. The molecule has 0 saturated carbocycles. The Bertz CT molecular complexity index is 2170. The van der Waals surface area contributed by atoms with Crippen LogP contribution >= 0.6 is 0 Å². The van der Waals surface area contributed by atoms with Gasteiger partial charge in [0.05, 0.1) is 11.6 Å². The van der Waals surface area contributed by atoms with Crippen LogP contribution < -0.4 is 10.6 Å². The number of anilines is 2. The second-order valence-electron chi connectivity index (χ2n) is 13.9. The van der Waals surface area contributed by atoms with Gasteiger partial charge in [-0.15, -0.1) is 0 Å². The standard InChI is InChI=1S/C47H50N2O12/c1-30(2)42(50)56-26-36(60-46(54)48-40-23-15-13-21-38(40)34-17-9-7-10-18-34)28-58-44(52)32(5)25-33(6)45(53)59-29-37(27-57-43(51)31(3)4)61-47(55)49-41-24-16-14-22-39(41)35-19-11-8-12-20-35/h7-24,33,36-37,46,48,54H,1,3,5,25-29H2,2,4,6H3,(H,49,55). The lowest BCUT2D eigenvalue weighted by Gasteiger charge is -2.24. The van der Waals surface area contributed by atoms with E-state index in [2.05, 4.69) is 30.4 Å². The lowest BCUT2D eigenvalue weighted by Crippen LogP contribution is -2.36. The van der Waals surface area contributed by atoms with Gasteiger partial charge in [-0.1, -0.05) is 124 Å². The highest BCUT2D eigenvalue weighted by molar-refractivity contribution is 5.92. The number of ether oxygens (including phenoxy) is 6. The Morgan fingerprint density at radius 1 is 0.590 bits per heavy atom. The Kier molecular flexibility index (Phi) is 18.0. The van der Waals surface area contributed by atoms with Gasteiger partial charge in [-0.3, -0.25) is 10.1 Å². The van der Waals surface area contributed by atoms with E-state index in [1.807, 2.05) is 84.9 Å². The van der Waals surface area contributed by atoms with Crippen molar-refractivity contribution in [1.29, 1.82) is 0 Å². The fourth-order valence-electron chi connectivity index (χ4n) is 5.53. The molecule has 0 saturated heterocycles. The SMILES string of the molecule is C=C(C)C(=O)OCC(COC(=O)C(C)CC(=C)C(=O)OCC(COC(=O)C(=C)C)OC(O)Nc1ccccc1-c1ccccc1)OC(=O)Nc1ccccc1-c1ccccc1. The van der Waals surface area contributed by atoms with Gasteiger partial charge in [-0.25, -0.2) is 19.2 Å². The van der Waals surface area contributed by atoms with Crippen molar-refractivity contribution in [2.75, 3.05) is 37.1 Å². The Hall–Kier alpha value is -7.03. The van der Waals surface area contributed by atoms with Gasteiger partial charge in [0, 0.05) is 33.5 Å². The summed E-state index contributed by atoms with van der Waals surface area (Å²) in [7, 11) is 0. The Labute approximate surface area is 354 Å². The first-order valence-electron chi connectivity index (χ1n) is 19.2. The molecule has 0 aromatic heterocycles. The summed E-state index contributed by atoms with van der Waals surface area (Å²) in [5.41, 5.74) is 4.39. The van der Waals surface area contributed by atoms with E-state index in [9.17, 15) is 29.1 Å². The maximum atomic E-state index is 13.1. The minimum atomic E-state index is -1.62. The number of hydrogen-bond donors (Lipinski definition) is 3. The van der Waals surface area contributed by atoms with E-state index < -0.39 is 80.9 Å². The molecule has 1 amide bonds. The number of para-hydroxylation sites is 2. The van der Waals surface area contributed by atoms with Crippen molar-refractivity contribution in [3.63, 3.8) is 0 Å². The average molecular weight is 835 g/mol. The van der Waals surface area contributed by atoms with E-state index >= 15 is 0 Å². The first-order valence-corrected chi connectivity index (χ1v) is 19.2. The first-order chi connectivity index (χ1) is 29.2. The minimum Gasteiger partial charge on any atom is -0.461 e. The van der Waals surface area contributed by atoms with Crippen LogP contribution in [0.3, 0.4) is 0 Å². The normalized spacial score (nSPS) is 12.6. The van der Waals surface area contributed by atoms with Gasteiger partial charge >= 0.3 is 30.0 Å². The quantitative estimate of drug-likeness (QED) is 0.0304. The summed E-state index contributed by atoms with van der Waals surface area (Å²) in [6.45, 7) is 13.4. The van der Waals surface area contributed by atoms with Crippen molar-refractivity contribution in [2.45, 2.75) is 45.8 Å². The number of benzene rings is 4. The number of carbonyl (C=O) groups is 5. The van der Waals surface area contributed by atoms with E-state index in [1.165, 1.54) is 20.8 Å². The van der Waals surface area contributed by atoms with Gasteiger partial charge in [0.1, 0.15) is 32.5 Å². The highest BCUT2D eigenvalue weighted by atomic mass is 16.7. The monoisotopic (exact) mass is 834 g/mol. The highest BCUT2D eigenvalue weighted by Crippen LogP contribution is 2.29. The molecule has 0 aliphatic heterocycles. The fraction of sp³-hybridized carbons (Fsp3) is 0.255. The summed E-state index contributed by atoms with van der Waals surface area (Å²) >= 11 is 0. The predicted octanol–water partition coefficient (Wildman–Crippen LogP) is 7.62. The number of aliphatic hydroxyl groups is 1. The number of amides is 1. The molecule has 14 nitrogen and oxygen atoms in total. The molecule has 14 heteroatoms. The minimum absolute atomic E-state index is 0.0998. The number of aliphatic hydroxyl groups excluding tert-OH is 1. The van der Waals surface area contributed by atoms with Crippen LogP contribution in [-0.4, -0.2) is 80.1 Å². The summed E-state index contributed by atoms with van der Waals surface area (Å²) in [5.74, 6) is -4.05. The maximum absolute atomic E-state index is 13.1. The third-order valence-electron chi connectivity index (χ3n) is 8.69. The van der Waals surface area contributed by atoms with Crippen LogP contribution in [0, 0.1) is 5.92 Å². The third kappa shape index (κ3) is 15.3. The average Bonchev–Trinajstić information content (AvgIpc) is 3.25. The largest absolute Gasteiger partial charge is 0.461 e. The summed E-state index contributed by atoms with van der Waals surface area (Å²) < 4.78 is 32.4. The summed E-state index contributed by atoms with van der Waals surface area (Å²) in [6, 6.07) is 33.1. The van der Waals surface area contributed by atoms with E-state index in [1.54, 1.807) is 24.3 Å². The molecule has 0 aliphatic carbocycles.